The first-order valence-corrected chi connectivity index (χ1v) is 6.45. The van der Waals surface area contributed by atoms with Crippen LogP contribution in [0.1, 0.15) is 20.3 Å². The minimum Gasteiger partial charge on any atom is -0.481 e. The molecule has 0 fully saturated rings. The van der Waals surface area contributed by atoms with E-state index in [0.29, 0.717) is 6.42 Å². The molecule has 0 radical (unpaired) electrons. The van der Waals surface area contributed by atoms with Crippen LogP contribution in [0.15, 0.2) is 12.3 Å². The normalized spacial score (nSPS) is 12.2. The minimum atomic E-state index is -0.899. The number of aliphatic carboxylic acids is 1. The molecule has 1 atom stereocenters. The van der Waals surface area contributed by atoms with Crippen LogP contribution in [0.2, 0.25) is 5.02 Å². The molecule has 20 heavy (non-hydrogen) atoms. The van der Waals surface area contributed by atoms with E-state index in [4.69, 9.17) is 16.7 Å². The van der Waals surface area contributed by atoms with Crippen molar-refractivity contribution in [2.45, 2.75) is 20.3 Å². The van der Waals surface area contributed by atoms with Crippen molar-refractivity contribution in [1.29, 1.82) is 0 Å². The summed E-state index contributed by atoms with van der Waals surface area (Å²) in [6.45, 7) is 4.04. The lowest BCUT2D eigenvalue weighted by Gasteiger charge is -2.16. The maximum absolute atomic E-state index is 11.1. The fourth-order valence-electron chi connectivity index (χ4n) is 1.72. The fourth-order valence-corrected chi connectivity index (χ4v) is 1.95. The lowest BCUT2D eigenvalue weighted by molar-refractivity contribution is -0.385. The third kappa shape index (κ3) is 4.65. The van der Waals surface area contributed by atoms with E-state index in [2.05, 4.69) is 10.3 Å². The predicted octanol–water partition coefficient (Wildman–Crippen LogP) is 2.80. The predicted molar refractivity (Wildman–Crippen MR) is 75.0 cm³/mol. The molecule has 0 aliphatic heterocycles. The standard InChI is InChI=1S/C12H16ClN3O4/c1-7(2)3-8(12(17)18)5-14-11-10(13)4-9(6-15-11)16(19)20/h4,6-8H,3,5H2,1-2H3,(H,14,15)(H,17,18). The van der Waals surface area contributed by atoms with Gasteiger partial charge in [-0.1, -0.05) is 25.4 Å². The largest absolute Gasteiger partial charge is 0.481 e. The van der Waals surface area contributed by atoms with Crippen molar-refractivity contribution in [3.63, 3.8) is 0 Å². The number of pyridine rings is 1. The summed E-state index contributed by atoms with van der Waals surface area (Å²) in [5.74, 6) is -0.974. The van der Waals surface area contributed by atoms with E-state index in [9.17, 15) is 14.9 Å². The molecule has 1 heterocycles. The number of hydrogen-bond acceptors (Lipinski definition) is 5. The molecular weight excluding hydrogens is 286 g/mol. The molecule has 8 heteroatoms. The number of nitro groups is 1. The van der Waals surface area contributed by atoms with Crippen molar-refractivity contribution < 1.29 is 14.8 Å². The zero-order valence-corrected chi connectivity index (χ0v) is 11.9. The summed E-state index contributed by atoms with van der Waals surface area (Å²) in [4.78, 5) is 24.9. The molecule has 0 aliphatic rings. The van der Waals surface area contributed by atoms with Crippen molar-refractivity contribution in [3.8, 4) is 0 Å². The molecule has 1 aromatic rings. The molecule has 1 aromatic heterocycles. The van der Waals surface area contributed by atoms with Gasteiger partial charge in [0.05, 0.1) is 15.9 Å². The lowest BCUT2D eigenvalue weighted by Crippen LogP contribution is -2.24. The SMILES string of the molecule is CC(C)CC(CNc1ncc([N+](=O)[O-])cc1Cl)C(=O)O. The van der Waals surface area contributed by atoms with E-state index in [-0.39, 0.29) is 29.0 Å². The van der Waals surface area contributed by atoms with Crippen LogP contribution in [0.3, 0.4) is 0 Å². The highest BCUT2D eigenvalue weighted by Gasteiger charge is 2.19. The summed E-state index contributed by atoms with van der Waals surface area (Å²) in [7, 11) is 0. The van der Waals surface area contributed by atoms with Crippen LogP contribution in [0, 0.1) is 22.0 Å². The van der Waals surface area contributed by atoms with Crippen LogP contribution >= 0.6 is 11.6 Å². The summed E-state index contributed by atoms with van der Waals surface area (Å²) in [6.07, 6.45) is 1.60. The monoisotopic (exact) mass is 301 g/mol. The van der Waals surface area contributed by atoms with Gasteiger partial charge in [-0.25, -0.2) is 4.98 Å². The van der Waals surface area contributed by atoms with Gasteiger partial charge in [-0.2, -0.15) is 0 Å². The molecule has 7 nitrogen and oxygen atoms in total. The number of carboxylic acid groups (broad SMARTS) is 1. The fraction of sp³-hybridized carbons (Fsp3) is 0.500. The highest BCUT2D eigenvalue weighted by molar-refractivity contribution is 6.33. The van der Waals surface area contributed by atoms with Crippen molar-refractivity contribution in [3.05, 3.63) is 27.4 Å². The number of carbonyl (C=O) groups is 1. The summed E-state index contributed by atoms with van der Waals surface area (Å²) < 4.78 is 0. The quantitative estimate of drug-likeness (QED) is 0.592. The second-order valence-corrected chi connectivity index (χ2v) is 5.23. The van der Waals surface area contributed by atoms with Gasteiger partial charge in [0.15, 0.2) is 0 Å². The molecule has 0 aromatic carbocycles. The van der Waals surface area contributed by atoms with Crippen molar-refractivity contribution in [2.24, 2.45) is 11.8 Å². The molecule has 0 amide bonds. The Hall–Kier alpha value is -1.89. The number of nitrogens with zero attached hydrogens (tertiary/aromatic N) is 2. The minimum absolute atomic E-state index is 0.0906. The highest BCUT2D eigenvalue weighted by Crippen LogP contribution is 2.24. The second kappa shape index (κ2) is 7.04. The average molecular weight is 302 g/mol. The average Bonchev–Trinajstić information content (AvgIpc) is 2.34. The van der Waals surface area contributed by atoms with Gasteiger partial charge in [0.1, 0.15) is 12.0 Å². The van der Waals surface area contributed by atoms with Crippen LogP contribution in [-0.2, 0) is 4.79 Å². The van der Waals surface area contributed by atoms with Crippen molar-refractivity contribution in [2.75, 3.05) is 11.9 Å². The maximum Gasteiger partial charge on any atom is 0.308 e. The summed E-state index contributed by atoms with van der Waals surface area (Å²) in [6, 6.07) is 1.18. The molecule has 2 N–H and O–H groups in total. The molecule has 0 spiro atoms. The highest BCUT2D eigenvalue weighted by atomic mass is 35.5. The van der Waals surface area contributed by atoms with Crippen LogP contribution in [0.5, 0.6) is 0 Å². The Morgan fingerprint density at radius 2 is 2.25 bits per heavy atom. The van der Waals surface area contributed by atoms with Gasteiger partial charge < -0.3 is 10.4 Å². The number of aromatic nitrogens is 1. The van der Waals surface area contributed by atoms with E-state index in [1.165, 1.54) is 6.07 Å². The van der Waals surface area contributed by atoms with Gasteiger partial charge in [-0.15, -0.1) is 0 Å². The summed E-state index contributed by atoms with van der Waals surface area (Å²) in [5, 5.41) is 22.6. The molecular formula is C12H16ClN3O4. The van der Waals surface area contributed by atoms with E-state index >= 15 is 0 Å². The molecule has 1 rings (SSSR count). The number of nitrogens with one attached hydrogen (secondary N) is 1. The second-order valence-electron chi connectivity index (χ2n) is 4.83. The first-order valence-electron chi connectivity index (χ1n) is 6.07. The Morgan fingerprint density at radius 1 is 1.60 bits per heavy atom. The van der Waals surface area contributed by atoms with Gasteiger partial charge in [0.25, 0.3) is 5.69 Å². The van der Waals surface area contributed by atoms with E-state index < -0.39 is 16.8 Å². The Morgan fingerprint density at radius 3 is 2.70 bits per heavy atom. The Balaban J connectivity index is 2.73. The number of carboxylic acids is 1. The summed E-state index contributed by atoms with van der Waals surface area (Å²) >= 11 is 5.87. The molecule has 0 aliphatic carbocycles. The number of hydrogen-bond donors (Lipinski definition) is 2. The molecule has 1 unspecified atom stereocenters. The third-order valence-corrected chi connectivity index (χ3v) is 2.95. The van der Waals surface area contributed by atoms with Crippen LogP contribution in [-0.4, -0.2) is 27.5 Å². The van der Waals surface area contributed by atoms with Crippen LogP contribution < -0.4 is 5.32 Å². The number of anilines is 1. The van der Waals surface area contributed by atoms with Gasteiger partial charge in [0.2, 0.25) is 0 Å². The third-order valence-electron chi connectivity index (χ3n) is 2.66. The first-order chi connectivity index (χ1) is 9.31. The zero-order valence-electron chi connectivity index (χ0n) is 11.2. The Kier molecular flexibility index (Phi) is 5.69. The zero-order chi connectivity index (χ0) is 15.3. The number of rotatable bonds is 7. The lowest BCUT2D eigenvalue weighted by atomic mass is 9.97. The summed E-state index contributed by atoms with van der Waals surface area (Å²) in [5.41, 5.74) is -0.211. The molecule has 0 saturated heterocycles. The van der Waals surface area contributed by atoms with Crippen LogP contribution in [0.25, 0.3) is 0 Å². The van der Waals surface area contributed by atoms with Gasteiger partial charge >= 0.3 is 5.97 Å². The Labute approximate surface area is 121 Å². The topological polar surface area (TPSA) is 105 Å². The van der Waals surface area contributed by atoms with Gasteiger partial charge in [-0.05, 0) is 12.3 Å². The van der Waals surface area contributed by atoms with E-state index in [1.807, 2.05) is 13.8 Å². The number of halogens is 1. The van der Waals surface area contributed by atoms with Crippen molar-refractivity contribution in [1.82, 2.24) is 4.98 Å². The van der Waals surface area contributed by atoms with Crippen LogP contribution in [0.4, 0.5) is 11.5 Å². The van der Waals surface area contributed by atoms with E-state index in [1.54, 1.807) is 0 Å². The molecule has 0 bridgehead atoms. The Bertz CT molecular complexity index is 507. The van der Waals surface area contributed by atoms with E-state index in [0.717, 1.165) is 6.20 Å². The first kappa shape index (κ1) is 16.2. The molecule has 110 valence electrons. The van der Waals surface area contributed by atoms with Gasteiger partial charge in [0, 0.05) is 12.6 Å². The maximum atomic E-state index is 11.1. The molecule has 0 saturated carbocycles. The smallest absolute Gasteiger partial charge is 0.308 e. The van der Waals surface area contributed by atoms with Crippen molar-refractivity contribution >= 4 is 29.1 Å². The van der Waals surface area contributed by atoms with Gasteiger partial charge in [-0.3, -0.25) is 14.9 Å².